The zero-order valence-electron chi connectivity index (χ0n) is 14.3. The number of nitrogens with zero attached hydrogens (tertiary/aromatic N) is 1. The second-order valence-corrected chi connectivity index (χ2v) is 6.41. The van der Waals surface area contributed by atoms with E-state index in [1.807, 2.05) is 0 Å². The summed E-state index contributed by atoms with van der Waals surface area (Å²) in [6, 6.07) is 4.05. The molecular weight excluding hydrogens is 345 g/mol. The Hall–Kier alpha value is -2.41. The van der Waals surface area contributed by atoms with Crippen molar-refractivity contribution in [2.75, 3.05) is 13.2 Å². The second kappa shape index (κ2) is 7.45. The molecule has 0 spiro atoms. The zero-order chi connectivity index (χ0) is 18.7. The molecule has 2 heterocycles. The molecule has 1 saturated heterocycles. The van der Waals surface area contributed by atoms with Crippen molar-refractivity contribution in [2.24, 2.45) is 0 Å². The zero-order valence-corrected chi connectivity index (χ0v) is 14.3. The maximum absolute atomic E-state index is 14.4. The molecule has 1 aliphatic rings. The van der Waals surface area contributed by atoms with Crippen LogP contribution in [0.5, 0.6) is 0 Å². The quantitative estimate of drug-likeness (QED) is 0.904. The van der Waals surface area contributed by atoms with Gasteiger partial charge in [0.25, 0.3) is 0 Å². The maximum Gasteiger partial charge on any atom is 0.231 e. The lowest BCUT2D eigenvalue weighted by Crippen LogP contribution is -2.49. The molecule has 0 aliphatic carbocycles. The van der Waals surface area contributed by atoms with Crippen molar-refractivity contribution >= 4 is 5.91 Å². The molecule has 4 nitrogen and oxygen atoms in total. The Morgan fingerprint density at radius 1 is 1.19 bits per heavy atom. The van der Waals surface area contributed by atoms with Crippen molar-refractivity contribution < 1.29 is 22.7 Å². The van der Waals surface area contributed by atoms with Gasteiger partial charge in [0, 0.05) is 36.6 Å². The Morgan fingerprint density at radius 3 is 2.58 bits per heavy atom. The number of nitrogens with one attached hydrogen (secondary N) is 1. The molecule has 0 saturated carbocycles. The summed E-state index contributed by atoms with van der Waals surface area (Å²) < 4.78 is 47.0. The molecule has 1 aromatic carbocycles. The molecular formula is C19H19F3N2O2. The van der Waals surface area contributed by atoms with Gasteiger partial charge in [0.1, 0.15) is 17.5 Å². The second-order valence-electron chi connectivity index (χ2n) is 6.41. The lowest BCUT2D eigenvalue weighted by Gasteiger charge is -2.37. The van der Waals surface area contributed by atoms with Gasteiger partial charge >= 0.3 is 0 Å². The van der Waals surface area contributed by atoms with Crippen molar-refractivity contribution in [3.63, 3.8) is 0 Å². The van der Waals surface area contributed by atoms with Gasteiger partial charge in [0.2, 0.25) is 5.91 Å². The molecule has 1 amide bonds. The van der Waals surface area contributed by atoms with Gasteiger partial charge in [-0.05, 0) is 31.9 Å². The molecule has 138 valence electrons. The molecule has 1 unspecified atom stereocenters. The minimum atomic E-state index is -1.19. The van der Waals surface area contributed by atoms with E-state index in [1.165, 1.54) is 18.3 Å². The summed E-state index contributed by atoms with van der Waals surface area (Å²) in [5.41, 5.74) is -0.773. The lowest BCUT2D eigenvalue weighted by molar-refractivity contribution is -0.131. The van der Waals surface area contributed by atoms with Gasteiger partial charge in [-0.3, -0.25) is 9.78 Å². The van der Waals surface area contributed by atoms with Gasteiger partial charge in [-0.25, -0.2) is 13.2 Å². The Bertz CT molecular complexity index is 807. The molecule has 7 heteroatoms. The summed E-state index contributed by atoms with van der Waals surface area (Å²) in [4.78, 5) is 16.8. The van der Waals surface area contributed by atoms with E-state index < -0.39 is 34.8 Å². The van der Waals surface area contributed by atoms with Crippen molar-refractivity contribution in [1.82, 2.24) is 10.3 Å². The average molecular weight is 364 g/mol. The third-order valence-electron chi connectivity index (χ3n) is 4.85. The molecule has 3 rings (SSSR count). The van der Waals surface area contributed by atoms with Crippen LogP contribution in [0.2, 0.25) is 0 Å². The fourth-order valence-electron chi connectivity index (χ4n) is 3.37. The number of benzene rings is 1. The maximum atomic E-state index is 14.4. The molecule has 26 heavy (non-hydrogen) atoms. The normalized spacial score (nSPS) is 17.5. The first kappa shape index (κ1) is 18.4. The first-order chi connectivity index (χ1) is 12.4. The van der Waals surface area contributed by atoms with Crippen LogP contribution in [0.3, 0.4) is 0 Å². The smallest absolute Gasteiger partial charge is 0.231 e. The summed E-state index contributed by atoms with van der Waals surface area (Å²) in [6.07, 6.45) is 3.02. The number of hydrogen-bond acceptors (Lipinski definition) is 3. The highest BCUT2D eigenvalue weighted by Gasteiger charge is 2.44. The van der Waals surface area contributed by atoms with Gasteiger partial charge in [-0.2, -0.15) is 0 Å². The molecule has 1 N–H and O–H groups in total. The third kappa shape index (κ3) is 3.44. The number of ether oxygens (including phenoxy) is 1. The van der Waals surface area contributed by atoms with Crippen LogP contribution in [0.25, 0.3) is 0 Å². The molecule has 2 aromatic rings. The number of carbonyl (C=O) groups excluding carboxylic acids is 1. The number of rotatable bonds is 4. The molecule has 1 fully saturated rings. The van der Waals surface area contributed by atoms with Gasteiger partial charge in [0.05, 0.1) is 17.7 Å². The number of halogens is 3. The highest BCUT2D eigenvalue weighted by Crippen LogP contribution is 2.37. The Labute approximate surface area is 149 Å². The Balaban J connectivity index is 1.92. The minimum Gasteiger partial charge on any atom is -0.381 e. The predicted octanol–water partition coefficient (Wildman–Crippen LogP) is 3.42. The Morgan fingerprint density at radius 2 is 1.92 bits per heavy atom. The number of hydrogen-bond donors (Lipinski definition) is 1. The Kier molecular flexibility index (Phi) is 5.27. The van der Waals surface area contributed by atoms with Gasteiger partial charge < -0.3 is 10.1 Å². The summed E-state index contributed by atoms with van der Waals surface area (Å²) in [5.74, 6) is -2.45. The fraction of sp³-hybridized carbons (Fsp3) is 0.368. The van der Waals surface area contributed by atoms with E-state index >= 15 is 0 Å². The van der Waals surface area contributed by atoms with Crippen LogP contribution < -0.4 is 5.32 Å². The average Bonchev–Trinajstić information content (AvgIpc) is 2.62. The largest absolute Gasteiger partial charge is 0.381 e. The summed E-state index contributed by atoms with van der Waals surface area (Å²) in [6.45, 7) is 2.20. The van der Waals surface area contributed by atoms with Gasteiger partial charge in [-0.15, -0.1) is 0 Å². The van der Waals surface area contributed by atoms with Crippen LogP contribution in [-0.4, -0.2) is 24.1 Å². The minimum absolute atomic E-state index is 0.127. The number of pyridine rings is 1. The topological polar surface area (TPSA) is 51.2 Å². The molecule has 1 aromatic heterocycles. The molecule has 1 aliphatic heterocycles. The number of aromatic nitrogens is 1. The van der Waals surface area contributed by atoms with Crippen molar-refractivity contribution in [3.05, 3.63) is 65.2 Å². The summed E-state index contributed by atoms with van der Waals surface area (Å²) in [5, 5.41) is 2.77. The highest BCUT2D eigenvalue weighted by molar-refractivity contribution is 5.88. The van der Waals surface area contributed by atoms with E-state index in [4.69, 9.17) is 4.74 Å². The third-order valence-corrected chi connectivity index (χ3v) is 4.85. The van der Waals surface area contributed by atoms with E-state index in [-0.39, 0.29) is 37.2 Å². The summed E-state index contributed by atoms with van der Waals surface area (Å²) in [7, 11) is 0. The van der Waals surface area contributed by atoms with E-state index in [2.05, 4.69) is 10.3 Å². The van der Waals surface area contributed by atoms with Crippen LogP contribution in [-0.2, 0) is 14.9 Å². The van der Waals surface area contributed by atoms with Crippen LogP contribution in [0.1, 0.15) is 36.9 Å². The van der Waals surface area contributed by atoms with E-state index in [9.17, 15) is 18.0 Å². The SMILES string of the molecule is CC(NC(=O)C1(c2ccc(F)cc2F)CCOCC1)c1ccncc1F. The monoisotopic (exact) mass is 364 g/mol. The first-order valence-corrected chi connectivity index (χ1v) is 8.38. The van der Waals surface area contributed by atoms with Crippen LogP contribution >= 0.6 is 0 Å². The van der Waals surface area contributed by atoms with Crippen LogP contribution in [0.15, 0.2) is 36.7 Å². The van der Waals surface area contributed by atoms with Crippen LogP contribution in [0.4, 0.5) is 13.2 Å². The number of amides is 1. The van der Waals surface area contributed by atoms with E-state index in [0.29, 0.717) is 0 Å². The number of carbonyl (C=O) groups is 1. The van der Waals surface area contributed by atoms with Gasteiger partial charge in [-0.1, -0.05) is 6.07 Å². The molecule has 1 atom stereocenters. The first-order valence-electron chi connectivity index (χ1n) is 8.38. The van der Waals surface area contributed by atoms with Crippen molar-refractivity contribution in [2.45, 2.75) is 31.2 Å². The molecule has 0 radical (unpaired) electrons. The lowest BCUT2D eigenvalue weighted by atomic mass is 9.73. The predicted molar refractivity (Wildman–Crippen MR) is 88.8 cm³/mol. The fourth-order valence-corrected chi connectivity index (χ4v) is 3.37. The van der Waals surface area contributed by atoms with Gasteiger partial charge in [0.15, 0.2) is 0 Å². The standard InChI is InChI=1S/C19H19F3N2O2/c1-12(14-4-7-23-11-17(14)22)24-18(25)19(5-8-26-9-6-19)15-3-2-13(20)10-16(15)21/h2-4,7,10-12H,5-6,8-9H2,1H3,(H,24,25). The van der Waals surface area contributed by atoms with Crippen molar-refractivity contribution in [1.29, 1.82) is 0 Å². The van der Waals surface area contributed by atoms with E-state index in [1.54, 1.807) is 6.92 Å². The highest BCUT2D eigenvalue weighted by atomic mass is 19.1. The molecule has 0 bridgehead atoms. The van der Waals surface area contributed by atoms with Crippen molar-refractivity contribution in [3.8, 4) is 0 Å². The summed E-state index contributed by atoms with van der Waals surface area (Å²) >= 11 is 0. The van der Waals surface area contributed by atoms with Crippen LogP contribution in [0, 0.1) is 17.5 Å². The van der Waals surface area contributed by atoms with E-state index in [0.717, 1.165) is 18.3 Å².